The van der Waals surface area contributed by atoms with Crippen LogP contribution in [0, 0.1) is 0 Å². The lowest BCUT2D eigenvalue weighted by molar-refractivity contribution is 0.103. The molecule has 0 heterocycles. The topological polar surface area (TPSA) is 55.4 Å². The molecule has 1 aromatic carbocycles. The van der Waals surface area contributed by atoms with Gasteiger partial charge in [-0.3, -0.25) is 10.1 Å². The molecule has 0 atom stereocenters. The van der Waals surface area contributed by atoms with Gasteiger partial charge < -0.3 is 4.74 Å². The number of carbonyl (C=O) groups is 2. The van der Waals surface area contributed by atoms with Crippen molar-refractivity contribution < 1.29 is 14.3 Å². The van der Waals surface area contributed by atoms with E-state index in [0.29, 0.717) is 16.8 Å². The van der Waals surface area contributed by atoms with Crippen molar-refractivity contribution in [3.8, 4) is 0 Å². The first-order chi connectivity index (χ1) is 8.06. The third kappa shape index (κ3) is 3.45. The van der Waals surface area contributed by atoms with Gasteiger partial charge in [0, 0.05) is 5.56 Å². The van der Waals surface area contributed by atoms with Gasteiger partial charge in [0.2, 0.25) is 0 Å². The van der Waals surface area contributed by atoms with Crippen LogP contribution in [0.5, 0.6) is 0 Å². The zero-order valence-corrected chi connectivity index (χ0v) is 9.95. The highest BCUT2D eigenvalue weighted by molar-refractivity contribution is 6.12. The van der Waals surface area contributed by atoms with Crippen molar-refractivity contribution in [1.29, 1.82) is 0 Å². The minimum Gasteiger partial charge on any atom is -0.450 e. The van der Waals surface area contributed by atoms with Crippen molar-refractivity contribution in [2.45, 2.75) is 13.8 Å². The Morgan fingerprint density at radius 1 is 1.35 bits per heavy atom. The number of hydrogen-bond donors (Lipinski definition) is 1. The number of ether oxygens (including phenoxy) is 1. The Balaban J connectivity index is 2.96. The fourth-order valence-electron chi connectivity index (χ4n) is 1.30. The second-order valence-electron chi connectivity index (χ2n) is 3.50. The first-order valence-electron chi connectivity index (χ1n) is 5.29. The van der Waals surface area contributed by atoms with Gasteiger partial charge in [-0.25, -0.2) is 4.79 Å². The highest BCUT2D eigenvalue weighted by Gasteiger charge is 2.13. The molecule has 4 heteroatoms. The summed E-state index contributed by atoms with van der Waals surface area (Å²) in [6.45, 7) is 7.22. The van der Waals surface area contributed by atoms with Gasteiger partial charge in [0.05, 0.1) is 12.3 Å². The van der Waals surface area contributed by atoms with Crippen molar-refractivity contribution in [1.82, 2.24) is 0 Å². The second-order valence-corrected chi connectivity index (χ2v) is 3.50. The SMILES string of the molecule is C=C(C)C(=O)c1ccccc1NC(=O)OCC. The molecule has 0 aliphatic rings. The van der Waals surface area contributed by atoms with E-state index in [2.05, 4.69) is 11.9 Å². The van der Waals surface area contributed by atoms with Gasteiger partial charge in [0.1, 0.15) is 0 Å². The average molecular weight is 233 g/mol. The summed E-state index contributed by atoms with van der Waals surface area (Å²) < 4.78 is 4.76. The summed E-state index contributed by atoms with van der Waals surface area (Å²) in [5.41, 5.74) is 1.26. The van der Waals surface area contributed by atoms with Crippen LogP contribution in [0.25, 0.3) is 0 Å². The molecule has 1 rings (SSSR count). The fraction of sp³-hybridized carbons (Fsp3) is 0.231. The van der Waals surface area contributed by atoms with Crippen molar-refractivity contribution in [2.75, 3.05) is 11.9 Å². The molecule has 0 aliphatic heterocycles. The Kier molecular flexibility index (Phi) is 4.46. The Morgan fingerprint density at radius 2 is 2.00 bits per heavy atom. The van der Waals surface area contributed by atoms with E-state index in [1.54, 1.807) is 38.1 Å². The molecular formula is C13H15NO3. The highest BCUT2D eigenvalue weighted by atomic mass is 16.5. The maximum absolute atomic E-state index is 11.8. The van der Waals surface area contributed by atoms with Crippen molar-refractivity contribution in [3.05, 3.63) is 42.0 Å². The lowest BCUT2D eigenvalue weighted by atomic mass is 10.0. The van der Waals surface area contributed by atoms with Crippen molar-refractivity contribution in [3.63, 3.8) is 0 Å². The van der Waals surface area contributed by atoms with Gasteiger partial charge in [-0.1, -0.05) is 18.7 Å². The molecule has 0 bridgehead atoms. The maximum atomic E-state index is 11.8. The Labute approximate surface area is 100 Å². The number of nitrogens with one attached hydrogen (secondary N) is 1. The molecule has 1 amide bonds. The molecule has 4 nitrogen and oxygen atoms in total. The summed E-state index contributed by atoms with van der Waals surface area (Å²) in [5, 5.41) is 2.52. The molecule has 1 N–H and O–H groups in total. The quantitative estimate of drug-likeness (QED) is 0.642. The second kappa shape index (κ2) is 5.84. The first-order valence-corrected chi connectivity index (χ1v) is 5.29. The highest BCUT2D eigenvalue weighted by Crippen LogP contribution is 2.18. The summed E-state index contributed by atoms with van der Waals surface area (Å²) in [6, 6.07) is 6.74. The van der Waals surface area contributed by atoms with Gasteiger partial charge >= 0.3 is 6.09 Å². The predicted molar refractivity (Wildman–Crippen MR) is 66.2 cm³/mol. The zero-order chi connectivity index (χ0) is 12.8. The Morgan fingerprint density at radius 3 is 2.59 bits per heavy atom. The molecule has 0 radical (unpaired) electrons. The number of anilines is 1. The number of Topliss-reactive ketones (excluding diaryl/α,β-unsaturated/α-hetero) is 1. The standard InChI is InChI=1S/C13H15NO3/c1-4-17-13(16)14-11-8-6-5-7-10(11)12(15)9(2)3/h5-8H,2,4H2,1,3H3,(H,14,16). The fourth-order valence-corrected chi connectivity index (χ4v) is 1.30. The summed E-state index contributed by atoms with van der Waals surface area (Å²) in [4.78, 5) is 23.1. The molecule has 0 aromatic heterocycles. The van der Waals surface area contributed by atoms with Crippen LogP contribution in [0.2, 0.25) is 0 Å². The van der Waals surface area contributed by atoms with Gasteiger partial charge in [-0.2, -0.15) is 0 Å². The molecule has 0 saturated carbocycles. The third-order valence-electron chi connectivity index (χ3n) is 2.07. The number of carbonyl (C=O) groups excluding carboxylic acids is 2. The molecule has 0 saturated heterocycles. The van der Waals surface area contributed by atoms with Crippen LogP contribution in [-0.2, 0) is 4.74 Å². The number of hydrogen-bond acceptors (Lipinski definition) is 3. The number of benzene rings is 1. The van der Waals surface area contributed by atoms with Gasteiger partial charge in [-0.15, -0.1) is 0 Å². The largest absolute Gasteiger partial charge is 0.450 e. The number of allylic oxidation sites excluding steroid dienone is 1. The molecular weight excluding hydrogens is 218 g/mol. The minimum absolute atomic E-state index is 0.197. The lowest BCUT2D eigenvalue weighted by Crippen LogP contribution is -2.16. The van der Waals surface area contributed by atoms with E-state index in [4.69, 9.17) is 4.74 Å². The van der Waals surface area contributed by atoms with Gasteiger partial charge in [0.25, 0.3) is 0 Å². The summed E-state index contributed by atoms with van der Waals surface area (Å²) in [5.74, 6) is -0.197. The molecule has 90 valence electrons. The number of ketones is 1. The van der Waals surface area contributed by atoms with Crippen molar-refractivity contribution in [2.24, 2.45) is 0 Å². The third-order valence-corrected chi connectivity index (χ3v) is 2.07. The van der Waals surface area contributed by atoms with Crippen LogP contribution in [-0.4, -0.2) is 18.5 Å². The Bertz CT molecular complexity index is 452. The average Bonchev–Trinajstić information content (AvgIpc) is 2.29. The van der Waals surface area contributed by atoms with Crippen LogP contribution in [0.15, 0.2) is 36.4 Å². The summed E-state index contributed by atoms with van der Waals surface area (Å²) in [7, 11) is 0. The molecule has 0 fully saturated rings. The first kappa shape index (κ1) is 13.0. The van der Waals surface area contributed by atoms with E-state index in [1.807, 2.05) is 0 Å². The predicted octanol–water partition coefficient (Wildman–Crippen LogP) is 3.01. The summed E-state index contributed by atoms with van der Waals surface area (Å²) >= 11 is 0. The van der Waals surface area contributed by atoms with E-state index in [1.165, 1.54) is 0 Å². The van der Waals surface area contributed by atoms with E-state index in [0.717, 1.165) is 0 Å². The minimum atomic E-state index is -0.575. The summed E-state index contributed by atoms with van der Waals surface area (Å²) in [6.07, 6.45) is -0.575. The molecule has 0 unspecified atom stereocenters. The van der Waals surface area contributed by atoms with Crippen LogP contribution >= 0.6 is 0 Å². The normalized spacial score (nSPS) is 9.53. The smallest absolute Gasteiger partial charge is 0.411 e. The van der Waals surface area contributed by atoms with Crippen molar-refractivity contribution >= 4 is 17.6 Å². The molecule has 0 spiro atoms. The monoisotopic (exact) mass is 233 g/mol. The van der Waals surface area contributed by atoms with Crippen LogP contribution in [0.1, 0.15) is 24.2 Å². The number of rotatable bonds is 4. The van der Waals surface area contributed by atoms with Crippen LogP contribution in [0.4, 0.5) is 10.5 Å². The number of amides is 1. The van der Waals surface area contributed by atoms with Gasteiger partial charge in [0.15, 0.2) is 5.78 Å². The molecule has 17 heavy (non-hydrogen) atoms. The maximum Gasteiger partial charge on any atom is 0.411 e. The van der Waals surface area contributed by atoms with Crippen LogP contribution < -0.4 is 5.32 Å². The lowest BCUT2D eigenvalue weighted by Gasteiger charge is -2.09. The van der Waals surface area contributed by atoms with Gasteiger partial charge in [-0.05, 0) is 31.6 Å². The Hall–Kier alpha value is -2.10. The number of para-hydroxylation sites is 1. The molecule has 0 aliphatic carbocycles. The zero-order valence-electron chi connectivity index (χ0n) is 9.95. The van der Waals surface area contributed by atoms with E-state index < -0.39 is 6.09 Å². The van der Waals surface area contributed by atoms with Crippen LogP contribution in [0.3, 0.4) is 0 Å². The van der Waals surface area contributed by atoms with E-state index in [9.17, 15) is 9.59 Å². The van der Waals surface area contributed by atoms with E-state index in [-0.39, 0.29) is 12.4 Å². The van der Waals surface area contributed by atoms with E-state index >= 15 is 0 Å². The molecule has 1 aromatic rings.